The minimum absolute atomic E-state index is 0.0816. The van der Waals surface area contributed by atoms with E-state index in [1.165, 1.54) is 31.3 Å². The Balaban J connectivity index is 1.15. The highest BCUT2D eigenvalue weighted by molar-refractivity contribution is 5.96. The normalized spacial score (nSPS) is 35.6. The van der Waals surface area contributed by atoms with Gasteiger partial charge in [-0.2, -0.15) is 0 Å². The van der Waals surface area contributed by atoms with Crippen molar-refractivity contribution < 1.29 is 19.5 Å². The van der Waals surface area contributed by atoms with Gasteiger partial charge in [-0.05, 0) is 117 Å². The van der Waals surface area contributed by atoms with E-state index in [0.29, 0.717) is 30.6 Å². The number of amides is 1. The van der Waals surface area contributed by atoms with E-state index in [0.717, 1.165) is 42.9 Å². The standard InChI is InChI=1S/C31H42N2O4/c1-20(34)26-10-11-27-25-9-6-22-18-23(12-15-30(22,2)28(25)13-16-31(26,27)3)33-37-19-29(36)32-17-14-21-4-7-24(35)8-5-21/h4-5,7-8,18,25-28,35H,6,9-17,19H2,1-3H3,(H,32,36)/t25?,26?,27?,28?,30-,31+/m0/s1. The molecule has 5 rings (SSSR count). The number of rotatable bonds is 7. The van der Waals surface area contributed by atoms with Crippen molar-refractivity contribution >= 4 is 17.4 Å². The molecule has 0 heterocycles. The summed E-state index contributed by atoms with van der Waals surface area (Å²) in [6, 6.07) is 7.00. The number of Topliss-reactive ketones (excluding diaryl/α,β-unsaturated/α-hetero) is 1. The van der Waals surface area contributed by atoms with Crippen LogP contribution in [0.2, 0.25) is 0 Å². The average Bonchev–Trinajstić information content (AvgIpc) is 3.23. The monoisotopic (exact) mass is 506 g/mol. The van der Waals surface area contributed by atoms with Crippen LogP contribution in [0.3, 0.4) is 0 Å². The summed E-state index contributed by atoms with van der Waals surface area (Å²) in [5.41, 5.74) is 3.92. The lowest BCUT2D eigenvalue weighted by Crippen LogP contribution is -2.51. The number of phenols is 1. The highest BCUT2D eigenvalue weighted by Crippen LogP contribution is 2.66. The van der Waals surface area contributed by atoms with Crippen molar-refractivity contribution in [1.29, 1.82) is 0 Å². The number of benzene rings is 1. The zero-order chi connectivity index (χ0) is 26.2. The smallest absolute Gasteiger partial charge is 0.260 e. The van der Waals surface area contributed by atoms with Crippen molar-refractivity contribution in [2.24, 2.45) is 39.7 Å². The number of hydrogen-bond acceptors (Lipinski definition) is 5. The molecule has 4 aliphatic carbocycles. The largest absolute Gasteiger partial charge is 0.508 e. The number of carbonyl (C=O) groups is 2. The maximum absolute atomic E-state index is 12.4. The Morgan fingerprint density at radius 3 is 2.59 bits per heavy atom. The van der Waals surface area contributed by atoms with Crippen LogP contribution in [0.5, 0.6) is 5.75 Å². The van der Waals surface area contributed by atoms with Gasteiger partial charge in [-0.3, -0.25) is 9.59 Å². The number of nitrogens with one attached hydrogen (secondary N) is 1. The van der Waals surface area contributed by atoms with Crippen LogP contribution in [0.15, 0.2) is 41.1 Å². The molecule has 6 nitrogen and oxygen atoms in total. The Labute approximate surface area is 220 Å². The van der Waals surface area contributed by atoms with Gasteiger partial charge in [-0.25, -0.2) is 0 Å². The fourth-order valence-electron chi connectivity index (χ4n) is 8.54. The van der Waals surface area contributed by atoms with Crippen molar-refractivity contribution in [2.75, 3.05) is 13.2 Å². The van der Waals surface area contributed by atoms with Gasteiger partial charge in [-0.15, -0.1) is 0 Å². The van der Waals surface area contributed by atoms with Crippen molar-refractivity contribution in [3.05, 3.63) is 41.5 Å². The second-order valence-corrected chi connectivity index (χ2v) is 12.4. The molecule has 2 N–H and O–H groups in total. The number of ketones is 1. The van der Waals surface area contributed by atoms with Gasteiger partial charge in [0.05, 0.1) is 5.71 Å². The number of aromatic hydroxyl groups is 1. The molecule has 6 heteroatoms. The molecule has 0 bridgehead atoms. The summed E-state index contributed by atoms with van der Waals surface area (Å²) in [6.45, 7) is 7.12. The molecule has 4 aliphatic rings. The Bertz CT molecular complexity index is 1090. The number of hydrogen-bond donors (Lipinski definition) is 2. The Morgan fingerprint density at radius 2 is 1.84 bits per heavy atom. The van der Waals surface area contributed by atoms with Crippen molar-refractivity contribution in [3.63, 3.8) is 0 Å². The second kappa shape index (κ2) is 10.3. The number of fused-ring (bicyclic) bond motifs is 5. The summed E-state index contributed by atoms with van der Waals surface area (Å²) < 4.78 is 0. The first-order valence-corrected chi connectivity index (χ1v) is 14.2. The first-order valence-electron chi connectivity index (χ1n) is 14.2. The van der Waals surface area contributed by atoms with Crippen LogP contribution in [-0.2, 0) is 20.8 Å². The van der Waals surface area contributed by atoms with Gasteiger partial charge in [0, 0.05) is 12.5 Å². The number of nitrogens with zero attached hydrogens (tertiary/aromatic N) is 1. The fourth-order valence-corrected chi connectivity index (χ4v) is 8.54. The predicted octanol–water partition coefficient (Wildman–Crippen LogP) is 5.59. The van der Waals surface area contributed by atoms with Gasteiger partial charge in [0.2, 0.25) is 0 Å². The van der Waals surface area contributed by atoms with Crippen molar-refractivity contribution in [3.8, 4) is 5.75 Å². The summed E-state index contributed by atoms with van der Waals surface area (Å²) in [6.07, 6.45) is 11.9. The van der Waals surface area contributed by atoms with Gasteiger partial charge in [0.15, 0.2) is 6.61 Å². The van der Waals surface area contributed by atoms with E-state index >= 15 is 0 Å². The minimum atomic E-state index is -0.178. The molecule has 1 aromatic rings. The number of allylic oxidation sites excluding steroid dienone is 2. The summed E-state index contributed by atoms with van der Waals surface area (Å²) in [7, 11) is 0. The van der Waals surface area contributed by atoms with E-state index in [9.17, 15) is 14.7 Å². The van der Waals surface area contributed by atoms with E-state index in [2.05, 4.69) is 30.4 Å². The molecule has 0 aromatic heterocycles. The number of carbonyl (C=O) groups excluding carboxylic acids is 2. The average molecular weight is 507 g/mol. The van der Waals surface area contributed by atoms with E-state index in [-0.39, 0.29) is 35.0 Å². The maximum Gasteiger partial charge on any atom is 0.260 e. The molecule has 200 valence electrons. The quantitative estimate of drug-likeness (QED) is 0.472. The Morgan fingerprint density at radius 1 is 1.05 bits per heavy atom. The Kier molecular flexibility index (Phi) is 7.21. The van der Waals surface area contributed by atoms with Gasteiger partial charge in [0.1, 0.15) is 11.5 Å². The van der Waals surface area contributed by atoms with Crippen LogP contribution in [-0.4, -0.2) is 35.7 Å². The van der Waals surface area contributed by atoms with Crippen LogP contribution < -0.4 is 5.32 Å². The number of phenolic OH excluding ortho intramolecular Hbond substituents is 1. The molecule has 6 atom stereocenters. The predicted molar refractivity (Wildman–Crippen MR) is 144 cm³/mol. The highest BCUT2D eigenvalue weighted by atomic mass is 16.6. The fraction of sp³-hybridized carbons (Fsp3) is 0.645. The zero-order valence-electron chi connectivity index (χ0n) is 22.6. The van der Waals surface area contributed by atoms with E-state index in [1.807, 2.05) is 12.1 Å². The van der Waals surface area contributed by atoms with Gasteiger partial charge in [-0.1, -0.05) is 36.7 Å². The van der Waals surface area contributed by atoms with Crippen LogP contribution in [0.1, 0.15) is 77.7 Å². The molecular weight excluding hydrogens is 464 g/mol. The van der Waals surface area contributed by atoms with Crippen molar-refractivity contribution in [2.45, 2.75) is 78.6 Å². The lowest BCUT2D eigenvalue weighted by molar-refractivity contribution is -0.128. The summed E-state index contributed by atoms with van der Waals surface area (Å²) in [5, 5.41) is 16.6. The first-order chi connectivity index (χ1) is 17.7. The van der Waals surface area contributed by atoms with Crippen LogP contribution in [0.25, 0.3) is 0 Å². The van der Waals surface area contributed by atoms with E-state index in [4.69, 9.17) is 4.84 Å². The third-order valence-electron chi connectivity index (χ3n) is 10.5. The molecule has 1 amide bonds. The highest BCUT2D eigenvalue weighted by Gasteiger charge is 2.59. The zero-order valence-corrected chi connectivity index (χ0v) is 22.6. The van der Waals surface area contributed by atoms with Crippen LogP contribution in [0, 0.1) is 34.5 Å². The molecule has 3 fully saturated rings. The first kappa shape index (κ1) is 26.0. The molecule has 0 aliphatic heterocycles. The Hall–Kier alpha value is -2.63. The van der Waals surface area contributed by atoms with Gasteiger partial charge in [0.25, 0.3) is 5.91 Å². The molecule has 1 aromatic carbocycles. The molecule has 3 saturated carbocycles. The van der Waals surface area contributed by atoms with Crippen LogP contribution in [0.4, 0.5) is 0 Å². The number of oxime groups is 1. The lowest BCUT2D eigenvalue weighted by atomic mass is 9.46. The summed E-state index contributed by atoms with van der Waals surface area (Å²) >= 11 is 0. The van der Waals surface area contributed by atoms with Crippen molar-refractivity contribution in [1.82, 2.24) is 5.32 Å². The molecule has 37 heavy (non-hydrogen) atoms. The SMILES string of the molecule is CC(=O)C1CCC2C3CCC4=CC(=NOCC(=O)NCCc5ccc(O)cc5)CC[C@]4(C)C3CC[C@]12C. The molecule has 0 saturated heterocycles. The third kappa shape index (κ3) is 4.96. The molecule has 0 radical (unpaired) electrons. The van der Waals surface area contributed by atoms with E-state index in [1.54, 1.807) is 19.1 Å². The lowest BCUT2D eigenvalue weighted by Gasteiger charge is -2.58. The third-order valence-corrected chi connectivity index (χ3v) is 10.5. The second-order valence-electron chi connectivity index (χ2n) is 12.4. The van der Waals surface area contributed by atoms with Crippen LogP contribution >= 0.6 is 0 Å². The van der Waals surface area contributed by atoms with E-state index < -0.39 is 0 Å². The molecule has 4 unspecified atom stereocenters. The van der Waals surface area contributed by atoms with Gasteiger partial charge < -0.3 is 15.3 Å². The minimum Gasteiger partial charge on any atom is -0.508 e. The summed E-state index contributed by atoms with van der Waals surface area (Å²) in [4.78, 5) is 30.0. The summed E-state index contributed by atoms with van der Waals surface area (Å²) in [5.74, 6) is 2.83. The topological polar surface area (TPSA) is 88.0 Å². The molecule has 0 spiro atoms. The van der Waals surface area contributed by atoms with Gasteiger partial charge >= 0.3 is 0 Å². The molecular formula is C31H42N2O4. The maximum atomic E-state index is 12.4.